The van der Waals surface area contributed by atoms with Gasteiger partial charge in [-0.15, -0.1) is 23.2 Å². The van der Waals surface area contributed by atoms with Gasteiger partial charge >= 0.3 is 0 Å². The van der Waals surface area contributed by atoms with Crippen molar-refractivity contribution in [3.8, 4) is 0 Å². The first-order valence-electron chi connectivity index (χ1n) is 9.88. The number of hydrogen-bond donors (Lipinski definition) is 1. The van der Waals surface area contributed by atoms with Crippen LogP contribution in [0.15, 0.2) is 54.6 Å². The van der Waals surface area contributed by atoms with Crippen LogP contribution < -0.4 is 5.32 Å². The van der Waals surface area contributed by atoms with E-state index in [1.165, 1.54) is 36.4 Å². The number of ketones is 1. The van der Waals surface area contributed by atoms with Gasteiger partial charge in [-0.05, 0) is 53.6 Å². The van der Waals surface area contributed by atoms with E-state index in [1.54, 1.807) is 18.2 Å². The van der Waals surface area contributed by atoms with Gasteiger partial charge in [-0.3, -0.25) is 9.59 Å². The molecule has 1 saturated carbocycles. The number of hydrogen-bond acceptors (Lipinski definition) is 2. The van der Waals surface area contributed by atoms with Crippen LogP contribution in [0.4, 0.5) is 10.1 Å². The van der Waals surface area contributed by atoms with Crippen molar-refractivity contribution in [1.82, 2.24) is 0 Å². The molecule has 1 aliphatic carbocycles. The maximum absolute atomic E-state index is 13.1. The molecule has 0 saturated heterocycles. The molecule has 34 heavy (non-hydrogen) atoms. The highest BCUT2D eigenvalue weighted by Crippen LogP contribution is 2.65. The molecular weight excluding hydrogens is 566 g/mol. The Morgan fingerprint density at radius 1 is 0.882 bits per heavy atom. The lowest BCUT2D eigenvalue weighted by Crippen LogP contribution is -2.18. The number of carbonyl (C=O) groups excluding carboxylic acids is 2. The Kier molecular flexibility index (Phi) is 7.40. The fourth-order valence-corrected chi connectivity index (χ4v) is 5.68. The van der Waals surface area contributed by atoms with E-state index in [4.69, 9.17) is 69.6 Å². The minimum Gasteiger partial charge on any atom is -0.324 e. The number of amides is 1. The lowest BCUT2D eigenvalue weighted by Gasteiger charge is -2.11. The van der Waals surface area contributed by atoms with Crippen LogP contribution in [0.2, 0.25) is 20.1 Å². The fraction of sp³-hybridized carbons (Fsp3) is 0.167. The van der Waals surface area contributed by atoms with Crippen molar-refractivity contribution in [2.24, 2.45) is 5.92 Å². The second-order valence-corrected chi connectivity index (χ2v) is 11.0. The second kappa shape index (κ2) is 9.85. The van der Waals surface area contributed by atoms with Crippen molar-refractivity contribution >= 4 is 87.0 Å². The maximum Gasteiger partial charge on any atom is 0.231 e. The molecule has 3 nitrogen and oxygen atoms in total. The number of rotatable bonds is 6. The monoisotopic (exact) mass is 577 g/mol. The first kappa shape index (κ1) is 25.6. The normalized spacial score (nSPS) is 18.4. The summed E-state index contributed by atoms with van der Waals surface area (Å²) in [6, 6.07) is 13.2. The molecule has 0 heterocycles. The van der Waals surface area contributed by atoms with Crippen LogP contribution in [0, 0.1) is 11.7 Å². The highest BCUT2D eigenvalue weighted by atomic mass is 35.5. The number of Topliss-reactive ketones (excluding diaryl/α,β-unsaturated/α-hetero) is 1. The molecule has 176 valence electrons. The van der Waals surface area contributed by atoms with E-state index in [2.05, 4.69) is 5.32 Å². The van der Waals surface area contributed by atoms with E-state index in [9.17, 15) is 14.0 Å². The van der Waals surface area contributed by atoms with E-state index in [1.807, 2.05) is 0 Å². The largest absolute Gasteiger partial charge is 0.324 e. The van der Waals surface area contributed by atoms with Gasteiger partial charge in [0.1, 0.15) is 10.2 Å². The summed E-state index contributed by atoms with van der Waals surface area (Å²) in [5, 5.41) is 3.72. The summed E-state index contributed by atoms with van der Waals surface area (Å²) in [6.45, 7) is 0. The molecule has 0 bridgehead atoms. The van der Waals surface area contributed by atoms with Crippen molar-refractivity contribution in [1.29, 1.82) is 0 Å². The van der Waals surface area contributed by atoms with Crippen molar-refractivity contribution in [3.05, 3.63) is 97.2 Å². The summed E-state index contributed by atoms with van der Waals surface area (Å²) < 4.78 is 11.8. The van der Waals surface area contributed by atoms with Gasteiger partial charge in [0.15, 0.2) is 5.78 Å². The molecule has 0 spiro atoms. The Bertz CT molecular complexity index is 1280. The smallest absolute Gasteiger partial charge is 0.231 e. The zero-order chi connectivity index (χ0) is 24.8. The van der Waals surface area contributed by atoms with Crippen LogP contribution in [0.25, 0.3) is 0 Å². The molecule has 10 heteroatoms. The minimum atomic E-state index is -1.38. The Morgan fingerprint density at radius 3 is 2.12 bits per heavy atom. The van der Waals surface area contributed by atoms with Gasteiger partial charge in [0, 0.05) is 27.9 Å². The molecule has 0 aromatic heterocycles. The second-order valence-electron chi connectivity index (χ2n) is 7.86. The number of carbonyl (C=O) groups is 2. The van der Waals surface area contributed by atoms with E-state index >= 15 is 0 Å². The van der Waals surface area contributed by atoms with Gasteiger partial charge < -0.3 is 5.32 Å². The third-order valence-electron chi connectivity index (χ3n) is 5.47. The quantitative estimate of drug-likeness (QED) is 0.235. The van der Waals surface area contributed by atoms with Gasteiger partial charge in [-0.2, -0.15) is 0 Å². The van der Waals surface area contributed by atoms with Crippen molar-refractivity contribution < 1.29 is 14.0 Å². The van der Waals surface area contributed by atoms with Crippen LogP contribution in [-0.2, 0) is 11.2 Å². The third-order valence-corrected chi connectivity index (χ3v) is 7.48. The Balaban J connectivity index is 1.55. The summed E-state index contributed by atoms with van der Waals surface area (Å²) in [6.07, 6.45) is -0.0122. The number of halogens is 7. The molecule has 1 N–H and O–H groups in total. The number of nitrogens with one attached hydrogen (secondary N) is 1. The highest BCUT2D eigenvalue weighted by molar-refractivity contribution is 6.53. The molecule has 2 atom stereocenters. The van der Waals surface area contributed by atoms with E-state index in [0.717, 1.165) is 0 Å². The summed E-state index contributed by atoms with van der Waals surface area (Å²) in [5.74, 6) is -2.58. The number of benzene rings is 3. The molecule has 4 rings (SSSR count). The molecule has 0 aliphatic heterocycles. The first-order valence-corrected chi connectivity index (χ1v) is 12.2. The third kappa shape index (κ3) is 5.33. The van der Waals surface area contributed by atoms with Gasteiger partial charge in [-0.1, -0.05) is 58.5 Å². The topological polar surface area (TPSA) is 46.2 Å². The number of alkyl halides is 2. The predicted octanol–water partition coefficient (Wildman–Crippen LogP) is 8.39. The van der Waals surface area contributed by atoms with Crippen LogP contribution in [0.1, 0.15) is 27.4 Å². The summed E-state index contributed by atoms with van der Waals surface area (Å²) >= 11 is 37.4. The summed E-state index contributed by atoms with van der Waals surface area (Å²) in [7, 11) is 0. The molecule has 1 amide bonds. The standard InChI is InChI=1S/C24H14Cl6FNO2/c25-13-6-12(7-14(26)8-13)21-22(24(21,29)30)23(34)32-19-9-16(17(27)10-18(19)28)20(33)5-11-1-3-15(31)4-2-11/h1-4,6-10,21-22H,5H2,(H,32,34). The molecule has 1 aliphatic rings. The zero-order valence-electron chi connectivity index (χ0n) is 17.0. The van der Waals surface area contributed by atoms with Gasteiger partial charge in [0.2, 0.25) is 5.91 Å². The molecule has 3 aromatic rings. The first-order chi connectivity index (χ1) is 16.0. The summed E-state index contributed by atoms with van der Waals surface area (Å²) in [5.41, 5.74) is 1.57. The van der Waals surface area contributed by atoms with Crippen LogP contribution in [-0.4, -0.2) is 16.0 Å². The van der Waals surface area contributed by atoms with E-state index in [-0.39, 0.29) is 33.5 Å². The predicted molar refractivity (Wildman–Crippen MR) is 137 cm³/mol. The highest BCUT2D eigenvalue weighted by Gasteiger charge is 2.67. The van der Waals surface area contributed by atoms with Crippen molar-refractivity contribution in [2.75, 3.05) is 5.32 Å². The van der Waals surface area contributed by atoms with Gasteiger partial charge in [-0.25, -0.2) is 4.39 Å². The molecule has 0 radical (unpaired) electrons. The van der Waals surface area contributed by atoms with E-state index in [0.29, 0.717) is 21.2 Å². The number of anilines is 1. The molecule has 2 unspecified atom stereocenters. The maximum atomic E-state index is 13.1. The molecule has 3 aromatic carbocycles. The van der Waals surface area contributed by atoms with Crippen molar-refractivity contribution in [2.45, 2.75) is 16.7 Å². The van der Waals surface area contributed by atoms with Crippen LogP contribution >= 0.6 is 69.6 Å². The Hall–Kier alpha value is -1.53. The SMILES string of the molecule is O=C(Cc1ccc(F)cc1)c1cc(NC(=O)C2C(c3cc(Cl)cc(Cl)c3)C2(Cl)Cl)c(Cl)cc1Cl. The Labute approximate surface area is 225 Å². The van der Waals surface area contributed by atoms with Crippen LogP contribution in [0.5, 0.6) is 0 Å². The average molecular weight is 580 g/mol. The summed E-state index contributed by atoms with van der Waals surface area (Å²) in [4.78, 5) is 25.8. The lowest BCUT2D eigenvalue weighted by atomic mass is 10.0. The lowest BCUT2D eigenvalue weighted by molar-refractivity contribution is -0.117. The molecular formula is C24H14Cl6FNO2. The molecule has 1 fully saturated rings. The van der Waals surface area contributed by atoms with Crippen LogP contribution in [0.3, 0.4) is 0 Å². The Morgan fingerprint density at radius 2 is 1.50 bits per heavy atom. The average Bonchev–Trinajstić information content (AvgIpc) is 3.33. The fourth-order valence-electron chi connectivity index (χ4n) is 3.77. The van der Waals surface area contributed by atoms with Gasteiger partial charge in [0.25, 0.3) is 0 Å². The van der Waals surface area contributed by atoms with Crippen molar-refractivity contribution in [3.63, 3.8) is 0 Å². The minimum absolute atomic E-state index is 0.0122. The van der Waals surface area contributed by atoms with E-state index < -0.39 is 27.9 Å². The zero-order valence-corrected chi connectivity index (χ0v) is 21.6. The van der Waals surface area contributed by atoms with Gasteiger partial charge in [0.05, 0.1) is 21.7 Å².